The van der Waals surface area contributed by atoms with Gasteiger partial charge in [-0.2, -0.15) is 8.42 Å². The molecule has 29 heavy (non-hydrogen) atoms. The predicted molar refractivity (Wildman–Crippen MR) is 118 cm³/mol. The molecule has 0 bridgehead atoms. The summed E-state index contributed by atoms with van der Waals surface area (Å²) in [5.41, 5.74) is 0.909. The lowest BCUT2D eigenvalue weighted by molar-refractivity contribution is 0.296. The highest BCUT2D eigenvalue weighted by Crippen LogP contribution is 2.61. The molecule has 0 spiro atoms. The molecule has 1 atom stereocenters. The molecule has 0 amide bonds. The van der Waals surface area contributed by atoms with Crippen LogP contribution in [0.25, 0.3) is 0 Å². The van der Waals surface area contributed by atoms with Crippen molar-refractivity contribution in [1.82, 2.24) is 0 Å². The van der Waals surface area contributed by atoms with Crippen LogP contribution in [-0.4, -0.2) is 20.8 Å². The first kappa shape index (κ1) is 24.4. The largest absolute Gasteiger partial charge is 0.440 e. The van der Waals surface area contributed by atoms with Crippen molar-refractivity contribution in [3.05, 3.63) is 52.0 Å². The number of rotatable bonds is 10. The quantitative estimate of drug-likeness (QED) is 0.265. The summed E-state index contributed by atoms with van der Waals surface area (Å²) in [5, 5.41) is -0.0795. The fraction of sp³-hybridized carbons (Fsp3) is 0.333. The summed E-state index contributed by atoms with van der Waals surface area (Å²) in [6.07, 6.45) is 0.781. The molecule has 2 rings (SSSR count). The van der Waals surface area contributed by atoms with Crippen LogP contribution in [0.5, 0.6) is 11.5 Å². The van der Waals surface area contributed by atoms with Gasteiger partial charge in [-0.1, -0.05) is 47.8 Å². The Bertz CT molecular complexity index is 996. The molecule has 0 saturated heterocycles. The normalized spacial score (nSPS) is 13.7. The Kier molecular flexibility index (Phi) is 8.76. The zero-order valence-electron chi connectivity index (χ0n) is 16.1. The average molecular weight is 499 g/mol. The first-order valence-corrected chi connectivity index (χ1v) is 14.0. The fourth-order valence-electron chi connectivity index (χ4n) is 2.09. The number of halogens is 2. The molecular formula is C18H21Cl2O6PS2. The predicted octanol–water partition coefficient (Wildman–Crippen LogP) is 6.74. The van der Waals surface area contributed by atoms with E-state index < -0.39 is 16.9 Å². The van der Waals surface area contributed by atoms with Gasteiger partial charge in [0.25, 0.3) is 0 Å². The van der Waals surface area contributed by atoms with Crippen LogP contribution >= 0.6 is 41.4 Å². The van der Waals surface area contributed by atoms with E-state index in [1.165, 1.54) is 24.3 Å². The van der Waals surface area contributed by atoms with Gasteiger partial charge in [-0.25, -0.2) is 4.57 Å². The SMILES string of the molecule is CCCSP(=O)(OCC)Oc1cc(Cl)c(OS(=O)(=O)c2ccc(C)cc2)cc1Cl. The van der Waals surface area contributed by atoms with Gasteiger partial charge in [0, 0.05) is 17.9 Å². The third-order valence-corrected chi connectivity index (χ3v) is 9.22. The van der Waals surface area contributed by atoms with Crippen molar-refractivity contribution in [2.45, 2.75) is 32.1 Å². The Hall–Kier alpha value is -0.890. The number of hydrogen-bond donors (Lipinski definition) is 0. The van der Waals surface area contributed by atoms with E-state index in [9.17, 15) is 13.0 Å². The Labute approximate surface area is 185 Å². The highest BCUT2D eigenvalue weighted by molar-refractivity contribution is 8.55. The van der Waals surface area contributed by atoms with Crippen molar-refractivity contribution in [2.24, 2.45) is 0 Å². The van der Waals surface area contributed by atoms with Crippen LogP contribution in [0.2, 0.25) is 10.0 Å². The van der Waals surface area contributed by atoms with Gasteiger partial charge in [-0.05, 0) is 43.8 Å². The molecule has 6 nitrogen and oxygen atoms in total. The van der Waals surface area contributed by atoms with E-state index in [-0.39, 0.29) is 33.0 Å². The van der Waals surface area contributed by atoms with E-state index in [0.717, 1.165) is 23.4 Å². The summed E-state index contributed by atoms with van der Waals surface area (Å²) in [5.74, 6) is 0.410. The molecular weight excluding hydrogens is 478 g/mol. The zero-order valence-corrected chi connectivity index (χ0v) is 20.1. The Morgan fingerprint density at radius 3 is 2.21 bits per heavy atom. The minimum atomic E-state index is -4.11. The second kappa shape index (κ2) is 10.4. The van der Waals surface area contributed by atoms with Crippen molar-refractivity contribution in [3.63, 3.8) is 0 Å². The molecule has 0 N–H and O–H groups in total. The monoisotopic (exact) mass is 498 g/mol. The standard InChI is InChI=1S/C18H21Cl2O6PS2/c1-4-10-28-27(21,24-5-2)25-17-11-16(20)18(12-15(17)19)26-29(22,23)14-8-6-13(3)7-9-14/h6-9,11-12H,4-5,10H2,1-3H3. The van der Waals surface area contributed by atoms with Crippen LogP contribution in [0.3, 0.4) is 0 Å². The van der Waals surface area contributed by atoms with Gasteiger partial charge in [-0.15, -0.1) is 0 Å². The van der Waals surface area contributed by atoms with Gasteiger partial charge in [0.05, 0.1) is 16.7 Å². The molecule has 0 heterocycles. The van der Waals surface area contributed by atoms with Gasteiger partial charge in [0.15, 0.2) is 5.75 Å². The molecule has 11 heteroatoms. The average Bonchev–Trinajstić information content (AvgIpc) is 2.64. The van der Waals surface area contributed by atoms with Crippen LogP contribution < -0.4 is 8.71 Å². The number of aryl methyl sites for hydroxylation is 1. The molecule has 0 aliphatic heterocycles. The van der Waals surface area contributed by atoms with E-state index >= 15 is 0 Å². The van der Waals surface area contributed by atoms with Crippen LogP contribution in [0, 0.1) is 6.92 Å². The third kappa shape index (κ3) is 6.81. The van der Waals surface area contributed by atoms with Gasteiger partial charge in [0.1, 0.15) is 10.6 Å². The molecule has 160 valence electrons. The van der Waals surface area contributed by atoms with Gasteiger partial charge < -0.3 is 8.71 Å². The Morgan fingerprint density at radius 1 is 1.03 bits per heavy atom. The maximum Gasteiger partial charge on any atom is 0.440 e. The summed E-state index contributed by atoms with van der Waals surface area (Å²) in [6.45, 7) is 2.17. The molecule has 0 saturated carbocycles. The molecule has 0 aliphatic rings. The lowest BCUT2D eigenvalue weighted by atomic mass is 10.2. The molecule has 0 radical (unpaired) electrons. The summed E-state index contributed by atoms with van der Waals surface area (Å²) in [6, 6.07) is 8.62. The first-order chi connectivity index (χ1) is 13.6. The van der Waals surface area contributed by atoms with Crippen molar-refractivity contribution in [1.29, 1.82) is 0 Å². The maximum atomic E-state index is 12.8. The van der Waals surface area contributed by atoms with Gasteiger partial charge in [-0.3, -0.25) is 4.52 Å². The van der Waals surface area contributed by atoms with E-state index in [2.05, 4.69) is 0 Å². The van der Waals surface area contributed by atoms with E-state index in [1.807, 2.05) is 13.8 Å². The molecule has 1 unspecified atom stereocenters. The van der Waals surface area contributed by atoms with Crippen molar-refractivity contribution >= 4 is 51.5 Å². The summed E-state index contributed by atoms with van der Waals surface area (Å²) in [4.78, 5) is -0.0209. The summed E-state index contributed by atoms with van der Waals surface area (Å²) >= 11 is 13.4. The minimum Gasteiger partial charge on any atom is -0.415 e. The highest BCUT2D eigenvalue weighted by atomic mass is 35.5. The zero-order chi connectivity index (χ0) is 21.7. The van der Waals surface area contributed by atoms with Crippen molar-refractivity contribution in [3.8, 4) is 11.5 Å². The maximum absolute atomic E-state index is 12.8. The lowest BCUT2D eigenvalue weighted by Gasteiger charge is -2.19. The van der Waals surface area contributed by atoms with E-state index in [0.29, 0.717) is 5.75 Å². The molecule has 2 aromatic carbocycles. The van der Waals surface area contributed by atoms with Crippen LogP contribution in [0.1, 0.15) is 25.8 Å². The van der Waals surface area contributed by atoms with Crippen LogP contribution in [0.15, 0.2) is 41.3 Å². The molecule has 0 aromatic heterocycles. The number of hydrogen-bond acceptors (Lipinski definition) is 7. The van der Waals surface area contributed by atoms with Crippen molar-refractivity contribution < 1.29 is 26.2 Å². The second-order valence-electron chi connectivity index (χ2n) is 5.85. The fourth-order valence-corrected chi connectivity index (χ4v) is 6.96. The van der Waals surface area contributed by atoms with Gasteiger partial charge in [0.2, 0.25) is 0 Å². The van der Waals surface area contributed by atoms with Crippen LogP contribution in [-0.2, 0) is 19.2 Å². The van der Waals surface area contributed by atoms with Crippen LogP contribution in [0.4, 0.5) is 0 Å². The van der Waals surface area contributed by atoms with E-state index in [4.69, 9.17) is 36.4 Å². The topological polar surface area (TPSA) is 78.9 Å². The lowest BCUT2D eigenvalue weighted by Crippen LogP contribution is -2.10. The van der Waals surface area contributed by atoms with E-state index in [1.54, 1.807) is 19.1 Å². The smallest absolute Gasteiger partial charge is 0.415 e. The van der Waals surface area contributed by atoms with Crippen molar-refractivity contribution in [2.75, 3.05) is 12.4 Å². The molecule has 2 aromatic rings. The van der Waals surface area contributed by atoms with Gasteiger partial charge >= 0.3 is 16.9 Å². The Morgan fingerprint density at radius 2 is 1.62 bits per heavy atom. The first-order valence-electron chi connectivity index (χ1n) is 8.69. The Balaban J connectivity index is 2.28. The second-order valence-corrected chi connectivity index (χ2v) is 12.3. The highest BCUT2D eigenvalue weighted by Gasteiger charge is 2.28. The summed E-state index contributed by atoms with van der Waals surface area (Å²) < 4.78 is 53.7. The molecule has 0 fully saturated rings. The number of benzene rings is 2. The third-order valence-electron chi connectivity index (χ3n) is 3.45. The summed E-state index contributed by atoms with van der Waals surface area (Å²) in [7, 11) is -4.11. The molecule has 0 aliphatic carbocycles. The minimum absolute atomic E-state index is 0.0112.